The highest BCUT2D eigenvalue weighted by Crippen LogP contribution is 2.37. The van der Waals surface area contributed by atoms with Crippen molar-refractivity contribution in [2.75, 3.05) is 22.9 Å². The molecule has 0 N–H and O–H groups in total. The van der Waals surface area contributed by atoms with Crippen molar-refractivity contribution in [2.24, 2.45) is 0 Å². The van der Waals surface area contributed by atoms with Gasteiger partial charge in [0.1, 0.15) is 17.8 Å². The molecular formula is C33H25F2N5O4. The maximum atomic E-state index is 15.3. The summed E-state index contributed by atoms with van der Waals surface area (Å²) in [4.78, 5) is 52.0. The number of fused-ring (bicyclic) bond motifs is 1. The molecule has 6 rings (SSSR count). The Balaban J connectivity index is 1.19. The molecular weight excluding hydrogens is 568 g/mol. The molecule has 1 aromatic heterocycles. The normalized spacial score (nSPS) is 18.1. The summed E-state index contributed by atoms with van der Waals surface area (Å²) in [7, 11) is 0. The summed E-state index contributed by atoms with van der Waals surface area (Å²) in [5, 5.41) is 0. The largest absolute Gasteiger partial charge is 0.472 e. The fourth-order valence-corrected chi connectivity index (χ4v) is 5.24. The van der Waals surface area contributed by atoms with Gasteiger partial charge in [-0.05, 0) is 36.8 Å². The van der Waals surface area contributed by atoms with Crippen LogP contribution in [0.3, 0.4) is 0 Å². The van der Waals surface area contributed by atoms with Crippen LogP contribution in [0.15, 0.2) is 85.2 Å². The lowest BCUT2D eigenvalue weighted by Crippen LogP contribution is -2.73. The molecule has 3 heterocycles. The number of hydrogen-bond acceptors (Lipinski definition) is 6. The van der Waals surface area contributed by atoms with Gasteiger partial charge in [-0.3, -0.25) is 14.5 Å². The summed E-state index contributed by atoms with van der Waals surface area (Å²) in [6.07, 6.45) is 2.27. The predicted octanol–water partition coefficient (Wildman–Crippen LogP) is 4.70. The predicted molar refractivity (Wildman–Crippen MR) is 157 cm³/mol. The topological polar surface area (TPSA) is 95.9 Å². The molecule has 9 nitrogen and oxygen atoms in total. The van der Waals surface area contributed by atoms with Crippen molar-refractivity contribution in [3.05, 3.63) is 114 Å². The lowest BCUT2D eigenvalue weighted by molar-refractivity contribution is -0.137. The maximum absolute atomic E-state index is 15.3. The van der Waals surface area contributed by atoms with Crippen LogP contribution >= 0.6 is 0 Å². The fraction of sp³-hybridized carbons (Fsp3) is 0.182. The summed E-state index contributed by atoms with van der Waals surface area (Å²) in [5.74, 6) is 2.26. The number of aromatic nitrogens is 2. The molecule has 0 bridgehead atoms. The smallest absolute Gasteiger partial charge is 0.332 e. The number of halogens is 2. The first-order chi connectivity index (χ1) is 21.2. The molecule has 11 heteroatoms. The van der Waals surface area contributed by atoms with Gasteiger partial charge in [0.2, 0.25) is 11.8 Å². The fourth-order valence-electron chi connectivity index (χ4n) is 5.24. The molecule has 0 saturated carbocycles. The molecule has 0 unspecified atom stereocenters. The zero-order chi connectivity index (χ0) is 30.8. The quantitative estimate of drug-likeness (QED) is 0.312. The van der Waals surface area contributed by atoms with Crippen LogP contribution in [0.5, 0.6) is 5.88 Å². The Bertz CT molecular complexity index is 1790. The molecule has 3 aromatic carbocycles. The van der Waals surface area contributed by atoms with Gasteiger partial charge in [-0.1, -0.05) is 60.4 Å². The number of imide groups is 1. The lowest BCUT2D eigenvalue weighted by Gasteiger charge is -2.51. The van der Waals surface area contributed by atoms with E-state index in [0.29, 0.717) is 10.5 Å². The van der Waals surface area contributed by atoms with Crippen molar-refractivity contribution in [1.29, 1.82) is 0 Å². The van der Waals surface area contributed by atoms with Gasteiger partial charge in [0, 0.05) is 24.2 Å². The van der Waals surface area contributed by atoms with Crippen LogP contribution in [0.2, 0.25) is 0 Å². The number of nitrogens with zero attached hydrogens (tertiary/aromatic N) is 5. The second-order valence-electron chi connectivity index (χ2n) is 10.5. The van der Waals surface area contributed by atoms with Crippen molar-refractivity contribution in [2.45, 2.75) is 25.5 Å². The van der Waals surface area contributed by atoms with E-state index >= 15 is 8.78 Å². The highest BCUT2D eigenvalue weighted by molar-refractivity contribution is 6.20. The van der Waals surface area contributed by atoms with Crippen molar-refractivity contribution < 1.29 is 27.9 Å². The van der Waals surface area contributed by atoms with Crippen LogP contribution in [0.25, 0.3) is 0 Å². The van der Waals surface area contributed by atoms with Crippen molar-refractivity contribution >= 4 is 29.4 Å². The Hall–Kier alpha value is -5.63. The Morgan fingerprint density at radius 1 is 0.864 bits per heavy atom. The Morgan fingerprint density at radius 2 is 1.52 bits per heavy atom. The van der Waals surface area contributed by atoms with E-state index in [1.54, 1.807) is 24.3 Å². The van der Waals surface area contributed by atoms with Gasteiger partial charge in [0.05, 0.1) is 18.8 Å². The van der Waals surface area contributed by atoms with E-state index in [2.05, 4.69) is 21.8 Å². The minimum absolute atomic E-state index is 0.0112. The van der Waals surface area contributed by atoms with Crippen LogP contribution < -0.4 is 14.5 Å². The van der Waals surface area contributed by atoms with E-state index < -0.39 is 47.1 Å². The molecule has 2 fully saturated rings. The average molecular weight is 594 g/mol. The minimum atomic E-state index is -1.60. The SMILES string of the molecule is C[C@@]12CC(=O)N(c3c(F)cc(C#Cc4ccccc4)cc3F)C(=O)N1CCN(c1cnc(OCc3ccccc3)cn1)C2=O. The van der Waals surface area contributed by atoms with Gasteiger partial charge in [0.25, 0.3) is 5.91 Å². The van der Waals surface area contributed by atoms with Gasteiger partial charge < -0.3 is 9.64 Å². The number of benzene rings is 3. The van der Waals surface area contributed by atoms with Gasteiger partial charge in [-0.15, -0.1) is 0 Å². The van der Waals surface area contributed by atoms with Gasteiger partial charge in [0.15, 0.2) is 17.5 Å². The summed E-state index contributed by atoms with van der Waals surface area (Å²) in [5.41, 5.74) is -0.762. The zero-order valence-corrected chi connectivity index (χ0v) is 23.5. The van der Waals surface area contributed by atoms with Crippen LogP contribution in [-0.2, 0) is 16.2 Å². The van der Waals surface area contributed by atoms with Gasteiger partial charge in [-0.2, -0.15) is 0 Å². The molecule has 220 valence electrons. The van der Waals surface area contributed by atoms with Crippen molar-refractivity contribution in [3.63, 3.8) is 0 Å². The summed E-state index contributed by atoms with van der Waals surface area (Å²) < 4.78 is 36.2. The zero-order valence-electron chi connectivity index (χ0n) is 23.5. The average Bonchev–Trinajstić information content (AvgIpc) is 3.02. The molecule has 2 aliphatic rings. The highest BCUT2D eigenvalue weighted by atomic mass is 19.1. The Labute approximate surface area is 251 Å². The number of urea groups is 1. The van der Waals surface area contributed by atoms with E-state index in [-0.39, 0.29) is 37.0 Å². The van der Waals surface area contributed by atoms with E-state index in [4.69, 9.17) is 4.74 Å². The van der Waals surface area contributed by atoms with Crippen LogP contribution in [-0.4, -0.2) is 51.3 Å². The van der Waals surface area contributed by atoms with Crippen LogP contribution in [0, 0.1) is 23.5 Å². The first kappa shape index (κ1) is 28.5. The number of carbonyl (C=O) groups is 3. The minimum Gasteiger partial charge on any atom is -0.472 e. The molecule has 0 radical (unpaired) electrons. The number of anilines is 2. The third-order valence-corrected chi connectivity index (χ3v) is 7.50. The summed E-state index contributed by atoms with van der Waals surface area (Å²) in [6.45, 7) is 1.76. The van der Waals surface area contributed by atoms with Crippen LogP contribution in [0.1, 0.15) is 30.0 Å². The van der Waals surface area contributed by atoms with Crippen molar-refractivity contribution in [3.8, 4) is 17.7 Å². The highest BCUT2D eigenvalue weighted by Gasteiger charge is 2.56. The van der Waals surface area contributed by atoms with E-state index in [9.17, 15) is 14.4 Å². The third-order valence-electron chi connectivity index (χ3n) is 7.50. The van der Waals surface area contributed by atoms with Gasteiger partial charge in [-0.25, -0.2) is 28.4 Å². The molecule has 1 atom stereocenters. The third kappa shape index (κ3) is 5.33. The first-order valence-corrected chi connectivity index (χ1v) is 13.8. The monoisotopic (exact) mass is 593 g/mol. The number of amides is 4. The molecule has 4 amide bonds. The second-order valence-corrected chi connectivity index (χ2v) is 10.5. The number of hydrogen-bond donors (Lipinski definition) is 0. The molecule has 2 saturated heterocycles. The first-order valence-electron chi connectivity index (χ1n) is 13.8. The number of piperazine rings is 1. The van der Waals surface area contributed by atoms with E-state index in [1.807, 2.05) is 36.4 Å². The standard InChI is InChI=1S/C33H25F2N5O4/c1-33-18-29(41)40(30-25(34)16-24(17-26(30)35)13-12-22-8-4-2-5-9-22)32(43)39(33)15-14-38(31(33)42)27-19-37-28(20-36-27)44-21-23-10-6-3-7-11-23/h2-11,16-17,19-20H,14-15,18,21H2,1H3/t33-/m0/s1. The second kappa shape index (κ2) is 11.6. The summed E-state index contributed by atoms with van der Waals surface area (Å²) in [6, 6.07) is 19.3. The lowest BCUT2D eigenvalue weighted by atomic mass is 9.88. The maximum Gasteiger partial charge on any atom is 0.332 e. The molecule has 2 aliphatic heterocycles. The molecule has 4 aromatic rings. The molecule has 0 spiro atoms. The Kier molecular flexibility index (Phi) is 7.49. The van der Waals surface area contributed by atoms with Crippen LogP contribution in [0.4, 0.5) is 25.1 Å². The van der Waals surface area contributed by atoms with E-state index in [0.717, 1.165) is 17.7 Å². The number of carbonyl (C=O) groups excluding carboxylic acids is 3. The number of rotatable bonds is 5. The summed E-state index contributed by atoms with van der Waals surface area (Å²) >= 11 is 0. The molecule has 0 aliphatic carbocycles. The Morgan fingerprint density at radius 3 is 2.18 bits per heavy atom. The number of ether oxygens (including phenoxy) is 1. The van der Waals surface area contributed by atoms with Gasteiger partial charge >= 0.3 is 6.03 Å². The van der Waals surface area contributed by atoms with E-state index in [1.165, 1.54) is 29.1 Å². The van der Waals surface area contributed by atoms with Crippen molar-refractivity contribution in [1.82, 2.24) is 14.9 Å². The molecule has 44 heavy (non-hydrogen) atoms.